The standard InChI is InChI=1S/C17H18ClFN2O3S/c1-25(23,24)21(12-14-5-2-3-8-16(14)19)10-9-20-17(22)13-6-4-7-15(18)11-13/h2-8,11H,9-10,12H2,1H3,(H,20,22). The Labute approximate surface area is 151 Å². The summed E-state index contributed by atoms with van der Waals surface area (Å²) in [6.45, 7) is 0.0187. The first-order valence-electron chi connectivity index (χ1n) is 7.49. The van der Waals surface area contributed by atoms with E-state index in [2.05, 4.69) is 5.32 Å². The summed E-state index contributed by atoms with van der Waals surface area (Å²) in [6.07, 6.45) is 1.05. The quantitative estimate of drug-likeness (QED) is 0.798. The molecule has 1 N–H and O–H groups in total. The predicted molar refractivity (Wildman–Crippen MR) is 95.4 cm³/mol. The molecule has 2 aromatic carbocycles. The lowest BCUT2D eigenvalue weighted by atomic mass is 10.2. The largest absolute Gasteiger partial charge is 0.351 e. The maximum atomic E-state index is 13.7. The Bertz CT molecular complexity index is 858. The third-order valence-corrected chi connectivity index (χ3v) is 4.99. The number of sulfonamides is 1. The fourth-order valence-corrected chi connectivity index (χ4v) is 3.19. The molecule has 0 heterocycles. The van der Waals surface area contributed by atoms with Crippen molar-refractivity contribution in [3.05, 3.63) is 70.5 Å². The number of carbonyl (C=O) groups excluding carboxylic acids is 1. The molecule has 0 aromatic heterocycles. The van der Waals surface area contributed by atoms with Gasteiger partial charge in [0.1, 0.15) is 5.82 Å². The van der Waals surface area contributed by atoms with Crippen LogP contribution in [-0.2, 0) is 16.6 Å². The lowest BCUT2D eigenvalue weighted by molar-refractivity contribution is 0.0951. The molecule has 0 aliphatic heterocycles. The number of halogens is 2. The Balaban J connectivity index is 1.99. The van der Waals surface area contributed by atoms with Crippen LogP contribution in [0.1, 0.15) is 15.9 Å². The summed E-state index contributed by atoms with van der Waals surface area (Å²) in [5, 5.41) is 3.07. The van der Waals surface area contributed by atoms with E-state index in [4.69, 9.17) is 11.6 Å². The van der Waals surface area contributed by atoms with E-state index in [1.807, 2.05) is 0 Å². The molecule has 8 heteroatoms. The Morgan fingerprint density at radius 1 is 1.20 bits per heavy atom. The maximum Gasteiger partial charge on any atom is 0.251 e. The molecule has 2 aromatic rings. The number of amides is 1. The average Bonchev–Trinajstić information content (AvgIpc) is 2.54. The average molecular weight is 385 g/mol. The van der Waals surface area contributed by atoms with Crippen molar-refractivity contribution < 1.29 is 17.6 Å². The first-order valence-corrected chi connectivity index (χ1v) is 9.72. The Kier molecular flexibility index (Phi) is 6.52. The van der Waals surface area contributed by atoms with Crippen LogP contribution in [0.5, 0.6) is 0 Å². The van der Waals surface area contributed by atoms with Crippen molar-refractivity contribution >= 4 is 27.5 Å². The van der Waals surface area contributed by atoms with Crippen LogP contribution in [0.4, 0.5) is 4.39 Å². The van der Waals surface area contributed by atoms with Crippen LogP contribution in [0.2, 0.25) is 5.02 Å². The summed E-state index contributed by atoms with van der Waals surface area (Å²) in [6, 6.07) is 12.4. The van der Waals surface area contributed by atoms with Crippen LogP contribution < -0.4 is 5.32 Å². The number of hydrogen-bond donors (Lipinski definition) is 1. The van der Waals surface area contributed by atoms with Crippen molar-refractivity contribution in [3.63, 3.8) is 0 Å². The predicted octanol–water partition coefficient (Wildman–Crippen LogP) is 2.67. The van der Waals surface area contributed by atoms with Crippen molar-refractivity contribution in [2.24, 2.45) is 0 Å². The summed E-state index contributed by atoms with van der Waals surface area (Å²) in [7, 11) is -3.55. The highest BCUT2D eigenvalue weighted by Gasteiger charge is 2.18. The smallest absolute Gasteiger partial charge is 0.251 e. The lowest BCUT2D eigenvalue weighted by Gasteiger charge is -2.20. The van der Waals surface area contributed by atoms with Gasteiger partial charge >= 0.3 is 0 Å². The Morgan fingerprint density at radius 2 is 1.92 bits per heavy atom. The SMILES string of the molecule is CS(=O)(=O)N(CCNC(=O)c1cccc(Cl)c1)Cc1ccccc1F. The normalized spacial score (nSPS) is 11.5. The second-order valence-corrected chi connectivity index (χ2v) is 7.87. The van der Waals surface area contributed by atoms with E-state index in [1.165, 1.54) is 24.3 Å². The van der Waals surface area contributed by atoms with Crippen LogP contribution in [0.15, 0.2) is 48.5 Å². The molecule has 134 valence electrons. The number of benzene rings is 2. The van der Waals surface area contributed by atoms with Crippen LogP contribution in [0, 0.1) is 5.82 Å². The molecule has 0 fully saturated rings. The van der Waals surface area contributed by atoms with E-state index in [1.54, 1.807) is 24.3 Å². The summed E-state index contributed by atoms with van der Waals surface area (Å²) in [5.74, 6) is -0.832. The third-order valence-electron chi connectivity index (χ3n) is 3.51. The number of nitrogens with one attached hydrogen (secondary N) is 1. The monoisotopic (exact) mass is 384 g/mol. The summed E-state index contributed by atoms with van der Waals surface area (Å²) in [5.41, 5.74) is 0.654. The number of rotatable bonds is 7. The van der Waals surface area contributed by atoms with Crippen molar-refractivity contribution in [1.82, 2.24) is 9.62 Å². The third kappa shape index (κ3) is 5.81. The second kappa shape index (κ2) is 8.42. The minimum atomic E-state index is -3.55. The van der Waals surface area contributed by atoms with Crippen molar-refractivity contribution in [1.29, 1.82) is 0 Å². The van der Waals surface area contributed by atoms with Gasteiger partial charge < -0.3 is 5.32 Å². The van der Waals surface area contributed by atoms with E-state index in [9.17, 15) is 17.6 Å². The van der Waals surface area contributed by atoms with Gasteiger partial charge in [0.25, 0.3) is 5.91 Å². The molecule has 0 aliphatic carbocycles. The van der Waals surface area contributed by atoms with Gasteiger partial charge in [-0.05, 0) is 24.3 Å². The zero-order valence-electron chi connectivity index (χ0n) is 13.6. The van der Waals surface area contributed by atoms with Crippen molar-refractivity contribution in [3.8, 4) is 0 Å². The fraction of sp³-hybridized carbons (Fsp3) is 0.235. The van der Waals surface area contributed by atoms with Crippen LogP contribution in [-0.4, -0.2) is 38.0 Å². The minimum absolute atomic E-state index is 0.0273. The van der Waals surface area contributed by atoms with Crippen molar-refractivity contribution in [2.45, 2.75) is 6.54 Å². The van der Waals surface area contributed by atoms with Gasteiger partial charge in [0.15, 0.2) is 0 Å². The van der Waals surface area contributed by atoms with Gasteiger partial charge in [-0.2, -0.15) is 4.31 Å². The molecule has 0 radical (unpaired) electrons. The first kappa shape index (κ1) is 19.4. The molecule has 25 heavy (non-hydrogen) atoms. The zero-order chi connectivity index (χ0) is 18.4. The molecular formula is C17H18ClFN2O3S. The highest BCUT2D eigenvalue weighted by molar-refractivity contribution is 7.88. The van der Waals surface area contributed by atoms with Gasteiger partial charge in [0.2, 0.25) is 10.0 Å². The fourth-order valence-electron chi connectivity index (χ4n) is 2.20. The van der Waals surface area contributed by atoms with Gasteiger partial charge in [-0.25, -0.2) is 12.8 Å². The van der Waals surface area contributed by atoms with Gasteiger partial charge in [0, 0.05) is 35.8 Å². The molecule has 5 nitrogen and oxygen atoms in total. The van der Waals surface area contributed by atoms with E-state index in [0.29, 0.717) is 10.6 Å². The molecule has 2 rings (SSSR count). The molecule has 0 saturated heterocycles. The molecule has 0 spiro atoms. The van der Waals surface area contributed by atoms with E-state index < -0.39 is 15.8 Å². The number of hydrogen-bond acceptors (Lipinski definition) is 3. The highest BCUT2D eigenvalue weighted by Crippen LogP contribution is 2.12. The molecule has 0 atom stereocenters. The number of nitrogens with zero attached hydrogens (tertiary/aromatic N) is 1. The topological polar surface area (TPSA) is 66.5 Å². The van der Waals surface area contributed by atoms with Gasteiger partial charge in [-0.3, -0.25) is 4.79 Å². The van der Waals surface area contributed by atoms with E-state index in [0.717, 1.165) is 10.6 Å². The molecule has 0 bridgehead atoms. The zero-order valence-corrected chi connectivity index (χ0v) is 15.1. The van der Waals surface area contributed by atoms with Gasteiger partial charge in [0.05, 0.1) is 6.26 Å². The van der Waals surface area contributed by atoms with Crippen LogP contribution in [0.25, 0.3) is 0 Å². The Morgan fingerprint density at radius 3 is 2.56 bits per heavy atom. The van der Waals surface area contributed by atoms with Crippen LogP contribution in [0.3, 0.4) is 0 Å². The van der Waals surface area contributed by atoms with E-state index in [-0.39, 0.29) is 31.1 Å². The molecule has 1 amide bonds. The maximum absolute atomic E-state index is 13.7. The summed E-state index contributed by atoms with van der Waals surface area (Å²) >= 11 is 5.84. The summed E-state index contributed by atoms with van der Waals surface area (Å²) < 4.78 is 38.7. The van der Waals surface area contributed by atoms with Crippen molar-refractivity contribution in [2.75, 3.05) is 19.3 Å². The van der Waals surface area contributed by atoms with Gasteiger partial charge in [-0.15, -0.1) is 0 Å². The van der Waals surface area contributed by atoms with Gasteiger partial charge in [-0.1, -0.05) is 35.9 Å². The molecular weight excluding hydrogens is 367 g/mol. The summed E-state index contributed by atoms with van der Waals surface area (Å²) in [4.78, 5) is 12.0. The van der Waals surface area contributed by atoms with Crippen LogP contribution >= 0.6 is 11.6 Å². The van der Waals surface area contributed by atoms with E-state index >= 15 is 0 Å². The Hall–Kier alpha value is -1.96. The second-order valence-electron chi connectivity index (χ2n) is 5.45. The molecule has 0 aliphatic rings. The number of carbonyl (C=O) groups is 1. The molecule has 0 saturated carbocycles. The molecule has 0 unspecified atom stereocenters. The lowest BCUT2D eigenvalue weighted by Crippen LogP contribution is -2.37. The minimum Gasteiger partial charge on any atom is -0.351 e. The first-order chi connectivity index (χ1) is 11.8. The highest BCUT2D eigenvalue weighted by atomic mass is 35.5.